The van der Waals surface area contributed by atoms with Crippen LogP contribution in [0.2, 0.25) is 0 Å². The van der Waals surface area contributed by atoms with Crippen LogP contribution in [0, 0.1) is 23.4 Å². The van der Waals surface area contributed by atoms with E-state index in [1.165, 1.54) is 12.1 Å². The van der Waals surface area contributed by atoms with Gasteiger partial charge in [0.25, 0.3) is 5.91 Å². The van der Waals surface area contributed by atoms with E-state index in [9.17, 15) is 22.8 Å². The second-order valence-electron chi connectivity index (χ2n) is 6.31. The maximum absolute atomic E-state index is 13.6. The molecule has 1 aliphatic heterocycles. The molecular formula is C19H17F3N2O2. The second kappa shape index (κ2) is 7.59. The number of carbonyl (C=O) groups excluding carboxylic acids is 2. The van der Waals surface area contributed by atoms with Crippen LogP contribution in [0.3, 0.4) is 0 Å². The van der Waals surface area contributed by atoms with E-state index in [0.29, 0.717) is 19.2 Å². The first kappa shape index (κ1) is 18.0. The van der Waals surface area contributed by atoms with Crippen molar-refractivity contribution in [2.75, 3.05) is 13.1 Å². The van der Waals surface area contributed by atoms with Crippen LogP contribution in [-0.2, 0) is 11.3 Å². The highest BCUT2D eigenvalue weighted by molar-refractivity contribution is 5.94. The maximum atomic E-state index is 13.6. The molecule has 1 unspecified atom stereocenters. The van der Waals surface area contributed by atoms with E-state index in [1.807, 2.05) is 0 Å². The highest BCUT2D eigenvalue weighted by Gasteiger charge is 2.29. The molecule has 2 amide bonds. The van der Waals surface area contributed by atoms with E-state index in [4.69, 9.17) is 0 Å². The van der Waals surface area contributed by atoms with Gasteiger partial charge in [0.15, 0.2) is 0 Å². The number of nitrogens with one attached hydrogen (secondary N) is 1. The standard InChI is InChI=1S/C19H17F3N2O2/c20-14-3-1-12(2-4-14)10-24-11-13(7-18(24)25)9-23-19(26)16-6-5-15(21)8-17(16)22/h1-6,8,13H,7,9-11H2,(H,23,26). The summed E-state index contributed by atoms with van der Waals surface area (Å²) in [6, 6.07) is 8.67. The Kier molecular flexibility index (Phi) is 5.25. The smallest absolute Gasteiger partial charge is 0.254 e. The zero-order valence-electron chi connectivity index (χ0n) is 13.8. The number of amides is 2. The van der Waals surface area contributed by atoms with Gasteiger partial charge in [-0.3, -0.25) is 9.59 Å². The zero-order valence-corrected chi connectivity index (χ0v) is 13.8. The molecule has 2 aromatic rings. The summed E-state index contributed by atoms with van der Waals surface area (Å²) in [4.78, 5) is 25.8. The number of carbonyl (C=O) groups is 2. The lowest BCUT2D eigenvalue weighted by atomic mass is 10.1. The van der Waals surface area contributed by atoms with Gasteiger partial charge in [0, 0.05) is 38.0 Å². The molecule has 1 atom stereocenters. The molecule has 0 spiro atoms. The van der Waals surface area contributed by atoms with Gasteiger partial charge in [-0.05, 0) is 29.8 Å². The predicted octanol–water partition coefficient (Wildman–Crippen LogP) is 2.88. The molecule has 7 heteroatoms. The number of hydrogen-bond donors (Lipinski definition) is 1. The Hall–Kier alpha value is -2.83. The van der Waals surface area contributed by atoms with E-state index in [2.05, 4.69) is 5.32 Å². The van der Waals surface area contributed by atoms with Gasteiger partial charge in [-0.15, -0.1) is 0 Å². The van der Waals surface area contributed by atoms with E-state index in [1.54, 1.807) is 17.0 Å². The SMILES string of the molecule is O=C(NCC1CC(=O)N(Cc2ccc(F)cc2)C1)c1ccc(F)cc1F. The lowest BCUT2D eigenvalue weighted by molar-refractivity contribution is -0.128. The summed E-state index contributed by atoms with van der Waals surface area (Å²) < 4.78 is 39.4. The van der Waals surface area contributed by atoms with Crippen molar-refractivity contribution in [3.8, 4) is 0 Å². The molecule has 2 aromatic carbocycles. The Balaban J connectivity index is 1.54. The average Bonchev–Trinajstić information content (AvgIpc) is 2.94. The quantitative estimate of drug-likeness (QED) is 0.889. The Morgan fingerprint density at radius 2 is 1.77 bits per heavy atom. The van der Waals surface area contributed by atoms with Crippen LogP contribution in [0.15, 0.2) is 42.5 Å². The van der Waals surface area contributed by atoms with Gasteiger partial charge in [0.1, 0.15) is 17.5 Å². The topological polar surface area (TPSA) is 49.4 Å². The molecule has 0 aromatic heterocycles. The van der Waals surface area contributed by atoms with Crippen molar-refractivity contribution in [3.63, 3.8) is 0 Å². The molecule has 0 bridgehead atoms. The van der Waals surface area contributed by atoms with Gasteiger partial charge in [0.2, 0.25) is 5.91 Å². The molecule has 1 N–H and O–H groups in total. The third-order valence-corrected chi connectivity index (χ3v) is 4.31. The van der Waals surface area contributed by atoms with Crippen LogP contribution in [0.5, 0.6) is 0 Å². The highest BCUT2D eigenvalue weighted by Crippen LogP contribution is 2.20. The number of halogens is 3. The van der Waals surface area contributed by atoms with Crippen LogP contribution in [0.4, 0.5) is 13.2 Å². The van der Waals surface area contributed by atoms with Crippen molar-refractivity contribution < 1.29 is 22.8 Å². The molecular weight excluding hydrogens is 345 g/mol. The fraction of sp³-hybridized carbons (Fsp3) is 0.263. The minimum Gasteiger partial charge on any atom is -0.352 e. The molecule has 0 saturated carbocycles. The van der Waals surface area contributed by atoms with Gasteiger partial charge >= 0.3 is 0 Å². The minimum atomic E-state index is -0.928. The number of likely N-dealkylation sites (tertiary alicyclic amines) is 1. The predicted molar refractivity (Wildman–Crippen MR) is 88.6 cm³/mol. The summed E-state index contributed by atoms with van der Waals surface area (Å²) in [5.74, 6) is -2.82. The summed E-state index contributed by atoms with van der Waals surface area (Å²) >= 11 is 0. The normalized spacial score (nSPS) is 16.8. The monoisotopic (exact) mass is 362 g/mol. The van der Waals surface area contributed by atoms with E-state index in [0.717, 1.165) is 17.7 Å². The molecule has 4 nitrogen and oxygen atoms in total. The van der Waals surface area contributed by atoms with Gasteiger partial charge in [-0.1, -0.05) is 12.1 Å². The minimum absolute atomic E-state index is 0.0541. The molecule has 0 radical (unpaired) electrons. The van der Waals surface area contributed by atoms with Crippen LogP contribution < -0.4 is 5.32 Å². The van der Waals surface area contributed by atoms with E-state index in [-0.39, 0.29) is 36.2 Å². The third-order valence-electron chi connectivity index (χ3n) is 4.31. The van der Waals surface area contributed by atoms with Crippen LogP contribution >= 0.6 is 0 Å². The van der Waals surface area contributed by atoms with Crippen molar-refractivity contribution in [3.05, 3.63) is 71.0 Å². The Morgan fingerprint density at radius 3 is 2.46 bits per heavy atom. The van der Waals surface area contributed by atoms with E-state index >= 15 is 0 Å². The van der Waals surface area contributed by atoms with Crippen molar-refractivity contribution in [2.24, 2.45) is 5.92 Å². The van der Waals surface area contributed by atoms with Crippen LogP contribution in [0.25, 0.3) is 0 Å². The zero-order chi connectivity index (χ0) is 18.7. The lowest BCUT2D eigenvalue weighted by Crippen LogP contribution is -2.31. The first-order valence-electron chi connectivity index (χ1n) is 8.18. The van der Waals surface area contributed by atoms with Crippen molar-refractivity contribution >= 4 is 11.8 Å². The van der Waals surface area contributed by atoms with Gasteiger partial charge < -0.3 is 10.2 Å². The van der Waals surface area contributed by atoms with Gasteiger partial charge in [-0.25, -0.2) is 13.2 Å². The highest BCUT2D eigenvalue weighted by atomic mass is 19.1. The number of nitrogens with zero attached hydrogens (tertiary/aromatic N) is 1. The maximum Gasteiger partial charge on any atom is 0.254 e. The number of hydrogen-bond acceptors (Lipinski definition) is 2. The van der Waals surface area contributed by atoms with Crippen molar-refractivity contribution in [1.82, 2.24) is 10.2 Å². The van der Waals surface area contributed by atoms with Crippen molar-refractivity contribution in [1.29, 1.82) is 0 Å². The first-order chi connectivity index (χ1) is 12.4. The summed E-state index contributed by atoms with van der Waals surface area (Å²) in [6.45, 7) is 1.03. The fourth-order valence-corrected chi connectivity index (χ4v) is 2.96. The Bertz CT molecular complexity index is 824. The molecule has 1 fully saturated rings. The summed E-state index contributed by atoms with van der Waals surface area (Å²) in [5, 5.41) is 2.58. The summed E-state index contributed by atoms with van der Waals surface area (Å²) in [7, 11) is 0. The number of rotatable bonds is 5. The van der Waals surface area contributed by atoms with Gasteiger partial charge in [-0.2, -0.15) is 0 Å². The summed E-state index contributed by atoms with van der Waals surface area (Å²) in [6.07, 6.45) is 0.271. The fourth-order valence-electron chi connectivity index (χ4n) is 2.96. The van der Waals surface area contributed by atoms with Crippen molar-refractivity contribution in [2.45, 2.75) is 13.0 Å². The largest absolute Gasteiger partial charge is 0.352 e. The summed E-state index contributed by atoms with van der Waals surface area (Å²) in [5.41, 5.74) is 0.580. The Labute approximate surface area is 148 Å². The van der Waals surface area contributed by atoms with E-state index < -0.39 is 17.5 Å². The third kappa shape index (κ3) is 4.22. The lowest BCUT2D eigenvalue weighted by Gasteiger charge is -2.17. The first-order valence-corrected chi connectivity index (χ1v) is 8.18. The molecule has 1 heterocycles. The average molecular weight is 362 g/mol. The van der Waals surface area contributed by atoms with Crippen LogP contribution in [-0.4, -0.2) is 29.8 Å². The Morgan fingerprint density at radius 1 is 1.08 bits per heavy atom. The van der Waals surface area contributed by atoms with Crippen LogP contribution in [0.1, 0.15) is 22.3 Å². The number of benzene rings is 2. The molecule has 1 saturated heterocycles. The molecule has 136 valence electrons. The molecule has 3 rings (SSSR count). The second-order valence-corrected chi connectivity index (χ2v) is 6.31. The molecule has 0 aliphatic carbocycles. The molecule has 26 heavy (non-hydrogen) atoms. The van der Waals surface area contributed by atoms with Gasteiger partial charge in [0.05, 0.1) is 5.56 Å². The molecule has 1 aliphatic rings.